The van der Waals surface area contributed by atoms with E-state index in [9.17, 15) is 16.8 Å². The number of sulfone groups is 1. The van der Waals surface area contributed by atoms with E-state index < -0.39 is 25.1 Å². The zero-order chi connectivity index (χ0) is 23.4. The highest BCUT2D eigenvalue weighted by Gasteiger charge is 2.31. The molecule has 0 aliphatic carbocycles. The molecule has 0 saturated carbocycles. The molecule has 0 unspecified atom stereocenters. The van der Waals surface area contributed by atoms with Crippen molar-refractivity contribution < 1.29 is 16.8 Å². The summed E-state index contributed by atoms with van der Waals surface area (Å²) in [6.45, 7) is 3.74. The first-order valence-corrected chi connectivity index (χ1v) is 13.6. The second-order valence-corrected chi connectivity index (χ2v) is 12.2. The van der Waals surface area contributed by atoms with Crippen molar-refractivity contribution in [1.29, 1.82) is 0 Å². The maximum Gasteiger partial charge on any atom is 0.215 e. The van der Waals surface area contributed by atoms with Gasteiger partial charge in [0.05, 0.1) is 10.6 Å². The van der Waals surface area contributed by atoms with E-state index in [2.05, 4.69) is 9.71 Å². The van der Waals surface area contributed by atoms with Crippen LogP contribution in [0.15, 0.2) is 78.0 Å². The minimum Gasteiger partial charge on any atom is -0.264 e. The normalized spacial score (nSPS) is 13.2. The van der Waals surface area contributed by atoms with Crippen LogP contribution in [-0.2, 0) is 25.6 Å². The van der Waals surface area contributed by atoms with Crippen LogP contribution in [0.5, 0.6) is 0 Å². The SMILES string of the molecule is CC(C)c1ccc(S(=O)(=O)[C@H](CNS(=O)(=O)Cc2ccc(Cl)cc2)c2cccnc2)cc1. The van der Waals surface area contributed by atoms with Gasteiger partial charge in [0.25, 0.3) is 0 Å². The van der Waals surface area contributed by atoms with Crippen LogP contribution in [0.4, 0.5) is 0 Å². The summed E-state index contributed by atoms with van der Waals surface area (Å²) in [4.78, 5) is 4.15. The number of rotatable bonds is 9. The molecular weight excluding hydrogens is 468 g/mol. The Labute approximate surface area is 194 Å². The highest BCUT2D eigenvalue weighted by Crippen LogP contribution is 2.29. The van der Waals surface area contributed by atoms with Crippen LogP contribution in [-0.4, -0.2) is 28.4 Å². The Bertz CT molecular complexity index is 1240. The quantitative estimate of drug-likeness (QED) is 0.475. The maximum atomic E-state index is 13.4. The Balaban J connectivity index is 1.87. The van der Waals surface area contributed by atoms with Gasteiger partial charge in [-0.25, -0.2) is 21.6 Å². The molecule has 1 heterocycles. The molecule has 0 fully saturated rings. The third-order valence-electron chi connectivity index (χ3n) is 5.06. The van der Waals surface area contributed by atoms with E-state index in [-0.39, 0.29) is 23.1 Å². The molecule has 170 valence electrons. The van der Waals surface area contributed by atoms with Crippen molar-refractivity contribution in [3.8, 4) is 0 Å². The first-order valence-electron chi connectivity index (χ1n) is 10.0. The van der Waals surface area contributed by atoms with E-state index in [4.69, 9.17) is 11.6 Å². The molecule has 1 N–H and O–H groups in total. The number of hydrogen-bond acceptors (Lipinski definition) is 5. The van der Waals surface area contributed by atoms with Crippen molar-refractivity contribution in [2.75, 3.05) is 6.54 Å². The van der Waals surface area contributed by atoms with Crippen molar-refractivity contribution in [2.24, 2.45) is 0 Å². The molecular formula is C23H25ClN2O4S2. The molecule has 3 rings (SSSR count). The van der Waals surface area contributed by atoms with Crippen LogP contribution in [0.3, 0.4) is 0 Å². The van der Waals surface area contributed by atoms with Gasteiger partial charge in [-0.3, -0.25) is 4.98 Å². The van der Waals surface area contributed by atoms with Crippen molar-refractivity contribution in [3.05, 3.63) is 94.8 Å². The highest BCUT2D eigenvalue weighted by atomic mass is 35.5. The Morgan fingerprint density at radius 3 is 2.12 bits per heavy atom. The molecule has 32 heavy (non-hydrogen) atoms. The Kier molecular flexibility index (Phi) is 7.71. The van der Waals surface area contributed by atoms with Crippen LogP contribution in [0, 0.1) is 0 Å². The predicted octanol–water partition coefficient (Wildman–Crippen LogP) is 4.49. The fraction of sp³-hybridized carbons (Fsp3) is 0.261. The molecule has 0 spiro atoms. The molecule has 3 aromatic rings. The number of hydrogen-bond donors (Lipinski definition) is 1. The smallest absolute Gasteiger partial charge is 0.215 e. The van der Waals surface area contributed by atoms with E-state index in [1.165, 1.54) is 12.4 Å². The standard InChI is InChI=1S/C23H25ClN2O4S2/c1-17(2)19-7-11-22(12-8-19)32(29,30)23(20-4-3-13-25-14-20)15-26-31(27,28)16-18-5-9-21(24)10-6-18/h3-14,17,23,26H,15-16H2,1-2H3/t23-/m1/s1. The van der Waals surface area contributed by atoms with Crippen molar-refractivity contribution in [2.45, 2.75) is 35.7 Å². The predicted molar refractivity (Wildman–Crippen MR) is 127 cm³/mol. The Hall–Kier alpha value is -2.26. The molecule has 0 aliphatic heterocycles. The average Bonchev–Trinajstić information content (AvgIpc) is 2.76. The van der Waals surface area contributed by atoms with Gasteiger partial charge in [-0.05, 0) is 52.9 Å². The molecule has 2 aromatic carbocycles. The molecule has 0 saturated heterocycles. The van der Waals surface area contributed by atoms with Crippen LogP contribution in [0.1, 0.15) is 41.7 Å². The summed E-state index contributed by atoms with van der Waals surface area (Å²) in [6.07, 6.45) is 2.98. The summed E-state index contributed by atoms with van der Waals surface area (Å²) >= 11 is 5.85. The topological polar surface area (TPSA) is 93.2 Å². The van der Waals surface area contributed by atoms with Gasteiger partial charge in [0, 0.05) is 24.0 Å². The van der Waals surface area contributed by atoms with E-state index >= 15 is 0 Å². The van der Waals surface area contributed by atoms with Crippen LogP contribution in [0.25, 0.3) is 0 Å². The van der Waals surface area contributed by atoms with E-state index in [0.29, 0.717) is 16.1 Å². The third kappa shape index (κ3) is 6.16. The summed E-state index contributed by atoms with van der Waals surface area (Å²) < 4.78 is 54.7. The monoisotopic (exact) mass is 492 g/mol. The summed E-state index contributed by atoms with van der Waals surface area (Å²) in [6, 6.07) is 16.4. The fourth-order valence-electron chi connectivity index (χ4n) is 3.23. The second-order valence-electron chi connectivity index (χ2n) is 7.78. The zero-order valence-corrected chi connectivity index (χ0v) is 20.2. The van der Waals surface area contributed by atoms with Gasteiger partial charge >= 0.3 is 0 Å². The van der Waals surface area contributed by atoms with Gasteiger partial charge in [0.15, 0.2) is 9.84 Å². The molecule has 0 bridgehead atoms. The number of halogens is 1. The molecule has 9 heteroatoms. The fourth-order valence-corrected chi connectivity index (χ4v) is 6.26. The number of pyridine rings is 1. The number of nitrogens with one attached hydrogen (secondary N) is 1. The minimum absolute atomic E-state index is 0.132. The first kappa shape index (κ1) is 24.4. The largest absolute Gasteiger partial charge is 0.264 e. The summed E-state index contributed by atoms with van der Waals surface area (Å²) in [7, 11) is -7.67. The lowest BCUT2D eigenvalue weighted by Gasteiger charge is -2.19. The van der Waals surface area contributed by atoms with Crippen LogP contribution < -0.4 is 4.72 Å². The number of sulfonamides is 1. The van der Waals surface area contributed by atoms with Crippen LogP contribution in [0.2, 0.25) is 5.02 Å². The Morgan fingerprint density at radius 2 is 1.56 bits per heavy atom. The zero-order valence-electron chi connectivity index (χ0n) is 17.8. The summed E-state index contributed by atoms with van der Waals surface area (Å²) in [5, 5.41) is -0.619. The Morgan fingerprint density at radius 1 is 0.906 bits per heavy atom. The lowest BCUT2D eigenvalue weighted by atomic mass is 10.0. The number of aromatic nitrogens is 1. The van der Waals surface area contributed by atoms with Crippen LogP contribution >= 0.6 is 11.6 Å². The van der Waals surface area contributed by atoms with Crippen molar-refractivity contribution in [1.82, 2.24) is 9.71 Å². The highest BCUT2D eigenvalue weighted by molar-refractivity contribution is 7.92. The van der Waals surface area contributed by atoms with Gasteiger partial charge in [-0.15, -0.1) is 0 Å². The van der Waals surface area contributed by atoms with Gasteiger partial charge in [-0.2, -0.15) is 0 Å². The van der Waals surface area contributed by atoms with Gasteiger partial charge in [0.2, 0.25) is 10.0 Å². The number of benzene rings is 2. The molecule has 1 atom stereocenters. The van der Waals surface area contributed by atoms with Gasteiger partial charge < -0.3 is 0 Å². The molecule has 0 radical (unpaired) electrons. The van der Waals surface area contributed by atoms with Crippen molar-refractivity contribution in [3.63, 3.8) is 0 Å². The van der Waals surface area contributed by atoms with E-state index in [1.54, 1.807) is 60.7 Å². The molecule has 6 nitrogen and oxygen atoms in total. The summed E-state index contributed by atoms with van der Waals surface area (Å²) in [5.41, 5.74) is 1.98. The van der Waals surface area contributed by atoms with Crippen molar-refractivity contribution >= 4 is 31.5 Å². The van der Waals surface area contributed by atoms with E-state index in [1.807, 2.05) is 13.8 Å². The van der Waals surface area contributed by atoms with Gasteiger partial charge in [-0.1, -0.05) is 55.8 Å². The van der Waals surface area contributed by atoms with Gasteiger partial charge in [0.1, 0.15) is 5.25 Å². The molecule has 0 aliphatic rings. The lowest BCUT2D eigenvalue weighted by Crippen LogP contribution is -2.32. The average molecular weight is 493 g/mol. The second kappa shape index (κ2) is 10.1. The maximum absolute atomic E-state index is 13.4. The number of nitrogens with zero attached hydrogens (tertiary/aromatic N) is 1. The lowest BCUT2D eigenvalue weighted by molar-refractivity contribution is 0.568. The molecule has 1 aromatic heterocycles. The first-order chi connectivity index (χ1) is 15.1. The third-order valence-corrected chi connectivity index (χ3v) is 8.75. The van der Waals surface area contributed by atoms with E-state index in [0.717, 1.165) is 5.56 Å². The molecule has 0 amide bonds. The minimum atomic E-state index is -3.88. The summed E-state index contributed by atoms with van der Waals surface area (Å²) in [5.74, 6) is -0.0203.